The van der Waals surface area contributed by atoms with Gasteiger partial charge in [-0.05, 0) is 46.6 Å². The molecule has 2 rings (SSSR count). The Labute approximate surface area is 84.9 Å². The van der Waals surface area contributed by atoms with E-state index in [1.807, 2.05) is 25.3 Å². The first-order chi connectivity index (χ1) is 6.16. The zero-order valence-electron chi connectivity index (χ0n) is 7.21. The molecule has 2 nitrogen and oxygen atoms in total. The summed E-state index contributed by atoms with van der Waals surface area (Å²) in [6, 6.07) is 5.87. The van der Waals surface area contributed by atoms with E-state index >= 15 is 0 Å². The first-order valence-electron chi connectivity index (χ1n) is 3.98. The molecule has 1 aromatic carbocycles. The van der Waals surface area contributed by atoms with E-state index < -0.39 is 0 Å². The van der Waals surface area contributed by atoms with Crippen molar-refractivity contribution in [3.63, 3.8) is 0 Å². The van der Waals surface area contributed by atoms with E-state index in [9.17, 15) is 0 Å². The summed E-state index contributed by atoms with van der Waals surface area (Å²) in [4.78, 5) is 4.32. The summed E-state index contributed by atoms with van der Waals surface area (Å²) in [5, 5.41) is 1.08. The van der Waals surface area contributed by atoms with Crippen molar-refractivity contribution in [3.05, 3.63) is 34.4 Å². The lowest BCUT2D eigenvalue weighted by molar-refractivity contribution is 1.33. The van der Waals surface area contributed by atoms with Crippen molar-refractivity contribution in [1.82, 2.24) is 4.98 Å². The maximum atomic E-state index is 5.72. The van der Waals surface area contributed by atoms with Crippen LogP contribution in [-0.2, 0) is 0 Å². The van der Waals surface area contributed by atoms with Gasteiger partial charge in [-0.2, -0.15) is 0 Å². The Morgan fingerprint density at radius 1 is 1.31 bits per heavy atom. The molecular weight excluding hydrogens is 228 g/mol. The minimum Gasteiger partial charge on any atom is -0.399 e. The molecule has 0 radical (unpaired) electrons. The summed E-state index contributed by atoms with van der Waals surface area (Å²) in [7, 11) is 0. The molecule has 1 heterocycles. The predicted octanol–water partition coefficient (Wildman–Crippen LogP) is 2.89. The van der Waals surface area contributed by atoms with Crippen molar-refractivity contribution in [2.75, 3.05) is 5.73 Å². The summed E-state index contributed by atoms with van der Waals surface area (Å²) >= 11 is 3.43. The third-order valence-corrected chi connectivity index (χ3v) is 2.50. The molecule has 2 aromatic rings. The normalized spacial score (nSPS) is 10.6. The monoisotopic (exact) mass is 236 g/mol. The van der Waals surface area contributed by atoms with Crippen LogP contribution in [0.25, 0.3) is 10.9 Å². The van der Waals surface area contributed by atoms with E-state index in [4.69, 9.17) is 5.73 Å². The van der Waals surface area contributed by atoms with Gasteiger partial charge in [0.2, 0.25) is 0 Å². The SMILES string of the molecule is Cc1cnc2c(Br)cc(N)cc2c1. The lowest BCUT2D eigenvalue weighted by Crippen LogP contribution is -1.88. The van der Waals surface area contributed by atoms with Gasteiger partial charge in [-0.3, -0.25) is 4.98 Å². The second-order valence-electron chi connectivity index (χ2n) is 3.09. The Balaban J connectivity index is 2.86. The van der Waals surface area contributed by atoms with Gasteiger partial charge in [0.15, 0.2) is 0 Å². The molecule has 0 aliphatic carbocycles. The molecule has 1 aromatic heterocycles. The van der Waals surface area contributed by atoms with Crippen LogP contribution in [0.15, 0.2) is 28.9 Å². The van der Waals surface area contributed by atoms with Crippen molar-refractivity contribution in [2.24, 2.45) is 0 Å². The van der Waals surface area contributed by atoms with Gasteiger partial charge in [0, 0.05) is 21.7 Å². The highest BCUT2D eigenvalue weighted by Crippen LogP contribution is 2.25. The molecule has 13 heavy (non-hydrogen) atoms. The van der Waals surface area contributed by atoms with E-state index in [1.54, 1.807) is 0 Å². The van der Waals surface area contributed by atoms with Gasteiger partial charge in [-0.25, -0.2) is 0 Å². The number of nitrogens with two attached hydrogens (primary N) is 1. The van der Waals surface area contributed by atoms with Crippen molar-refractivity contribution in [1.29, 1.82) is 0 Å². The maximum Gasteiger partial charge on any atom is 0.0845 e. The van der Waals surface area contributed by atoms with Crippen LogP contribution in [0.5, 0.6) is 0 Å². The highest BCUT2D eigenvalue weighted by Gasteiger charge is 2.01. The molecule has 0 spiro atoms. The van der Waals surface area contributed by atoms with Gasteiger partial charge in [-0.1, -0.05) is 0 Å². The topological polar surface area (TPSA) is 38.9 Å². The second kappa shape index (κ2) is 3.00. The quantitative estimate of drug-likeness (QED) is 0.715. The molecule has 0 amide bonds. The molecule has 0 unspecified atom stereocenters. The molecule has 0 bridgehead atoms. The minimum atomic E-state index is 0.756. The van der Waals surface area contributed by atoms with Crippen molar-refractivity contribution in [2.45, 2.75) is 6.92 Å². The average molecular weight is 237 g/mol. The first-order valence-corrected chi connectivity index (χ1v) is 4.77. The smallest absolute Gasteiger partial charge is 0.0845 e. The Kier molecular flexibility index (Phi) is 1.96. The lowest BCUT2D eigenvalue weighted by Gasteiger charge is -2.02. The van der Waals surface area contributed by atoms with Crippen molar-refractivity contribution >= 4 is 32.5 Å². The fraction of sp³-hybridized carbons (Fsp3) is 0.100. The number of benzene rings is 1. The van der Waals surface area contributed by atoms with Crippen LogP contribution in [0.3, 0.4) is 0 Å². The van der Waals surface area contributed by atoms with Gasteiger partial charge in [0.1, 0.15) is 0 Å². The summed E-state index contributed by atoms with van der Waals surface area (Å²) in [6.07, 6.45) is 1.85. The zero-order valence-corrected chi connectivity index (χ0v) is 8.80. The number of halogens is 1. The number of aryl methyl sites for hydroxylation is 1. The largest absolute Gasteiger partial charge is 0.399 e. The molecule has 0 aliphatic rings. The Bertz CT molecular complexity index is 460. The van der Waals surface area contributed by atoms with E-state index in [0.29, 0.717) is 0 Å². The van der Waals surface area contributed by atoms with Gasteiger partial charge >= 0.3 is 0 Å². The number of anilines is 1. The van der Waals surface area contributed by atoms with Crippen LogP contribution in [0.1, 0.15) is 5.56 Å². The number of fused-ring (bicyclic) bond motifs is 1. The van der Waals surface area contributed by atoms with Crippen LogP contribution < -0.4 is 5.73 Å². The number of rotatable bonds is 0. The number of hydrogen-bond acceptors (Lipinski definition) is 2. The van der Waals surface area contributed by atoms with Crippen LogP contribution >= 0.6 is 15.9 Å². The average Bonchev–Trinajstić information content (AvgIpc) is 2.02. The highest BCUT2D eigenvalue weighted by molar-refractivity contribution is 9.10. The summed E-state index contributed by atoms with van der Waals surface area (Å²) in [5.74, 6) is 0. The number of hydrogen-bond donors (Lipinski definition) is 1. The van der Waals surface area contributed by atoms with Gasteiger partial charge < -0.3 is 5.73 Å². The summed E-state index contributed by atoms with van der Waals surface area (Å²) in [5.41, 5.74) is 8.57. The standard InChI is InChI=1S/C10H9BrN2/c1-6-2-7-3-8(12)4-9(11)10(7)13-5-6/h2-5H,12H2,1H3. The van der Waals surface area contributed by atoms with E-state index in [-0.39, 0.29) is 0 Å². The summed E-state index contributed by atoms with van der Waals surface area (Å²) in [6.45, 7) is 2.02. The highest BCUT2D eigenvalue weighted by atomic mass is 79.9. The second-order valence-corrected chi connectivity index (χ2v) is 3.94. The molecule has 2 N–H and O–H groups in total. The summed E-state index contributed by atoms with van der Waals surface area (Å²) < 4.78 is 0.947. The lowest BCUT2D eigenvalue weighted by atomic mass is 10.1. The van der Waals surface area contributed by atoms with Gasteiger partial charge in [-0.15, -0.1) is 0 Å². The van der Waals surface area contributed by atoms with Gasteiger partial charge in [0.25, 0.3) is 0 Å². The maximum absolute atomic E-state index is 5.72. The number of aromatic nitrogens is 1. The Hall–Kier alpha value is -1.09. The fourth-order valence-corrected chi connectivity index (χ4v) is 1.93. The Morgan fingerprint density at radius 3 is 2.85 bits per heavy atom. The Morgan fingerprint density at radius 2 is 2.08 bits per heavy atom. The number of pyridine rings is 1. The van der Waals surface area contributed by atoms with E-state index in [0.717, 1.165) is 26.6 Å². The molecule has 0 saturated heterocycles. The van der Waals surface area contributed by atoms with Crippen LogP contribution in [0.2, 0.25) is 0 Å². The molecular formula is C10H9BrN2. The third-order valence-electron chi connectivity index (χ3n) is 1.90. The van der Waals surface area contributed by atoms with Crippen LogP contribution in [-0.4, -0.2) is 4.98 Å². The number of nitrogens with zero attached hydrogens (tertiary/aromatic N) is 1. The predicted molar refractivity (Wildman–Crippen MR) is 58.6 cm³/mol. The molecule has 0 aliphatic heterocycles. The van der Waals surface area contributed by atoms with Crippen molar-refractivity contribution < 1.29 is 0 Å². The van der Waals surface area contributed by atoms with E-state index in [1.165, 1.54) is 0 Å². The third kappa shape index (κ3) is 1.52. The molecule has 0 saturated carbocycles. The number of nitrogen functional groups attached to an aromatic ring is 1. The molecule has 66 valence electrons. The minimum absolute atomic E-state index is 0.756. The van der Waals surface area contributed by atoms with Crippen molar-refractivity contribution in [3.8, 4) is 0 Å². The molecule has 3 heteroatoms. The van der Waals surface area contributed by atoms with Gasteiger partial charge in [0.05, 0.1) is 5.52 Å². The zero-order chi connectivity index (χ0) is 9.42. The first kappa shape index (κ1) is 8.51. The molecule has 0 fully saturated rings. The van der Waals surface area contributed by atoms with Crippen LogP contribution in [0, 0.1) is 6.92 Å². The molecule has 0 atom stereocenters. The van der Waals surface area contributed by atoms with E-state index in [2.05, 4.69) is 27.0 Å². The van der Waals surface area contributed by atoms with Crippen LogP contribution in [0.4, 0.5) is 5.69 Å². The fourth-order valence-electron chi connectivity index (χ4n) is 1.34.